The van der Waals surface area contributed by atoms with Gasteiger partial charge in [0.15, 0.2) is 0 Å². The fourth-order valence-corrected chi connectivity index (χ4v) is 3.03. The van der Waals surface area contributed by atoms with Gasteiger partial charge in [-0.25, -0.2) is 4.98 Å². The molecule has 0 atom stereocenters. The molecule has 23 heavy (non-hydrogen) atoms. The molecule has 7 nitrogen and oxygen atoms in total. The van der Waals surface area contributed by atoms with Crippen LogP contribution in [0.3, 0.4) is 0 Å². The molecule has 2 fully saturated rings. The van der Waals surface area contributed by atoms with Crippen LogP contribution in [-0.2, 0) is 0 Å². The maximum atomic E-state index is 5.89. The molecule has 0 bridgehead atoms. The molecule has 1 aliphatic heterocycles. The summed E-state index contributed by atoms with van der Waals surface area (Å²) >= 11 is 0. The van der Waals surface area contributed by atoms with Crippen molar-refractivity contribution >= 4 is 11.8 Å². The van der Waals surface area contributed by atoms with Crippen molar-refractivity contribution in [1.82, 2.24) is 19.7 Å². The summed E-state index contributed by atoms with van der Waals surface area (Å²) < 4.78 is 2.06. The van der Waals surface area contributed by atoms with Crippen LogP contribution in [0.2, 0.25) is 0 Å². The second-order valence-corrected chi connectivity index (χ2v) is 5.96. The van der Waals surface area contributed by atoms with Crippen molar-refractivity contribution in [3.05, 3.63) is 18.5 Å². The lowest BCUT2D eigenvalue weighted by Crippen LogP contribution is -2.19. The lowest BCUT2D eigenvalue weighted by Gasteiger charge is -2.25. The van der Waals surface area contributed by atoms with E-state index in [0.717, 1.165) is 30.2 Å². The molecule has 1 saturated heterocycles. The molecule has 7 heteroatoms. The number of hydrogen-bond donors (Lipinski definition) is 2. The Hall–Kier alpha value is -2.15. The first kappa shape index (κ1) is 15.7. The molecule has 2 aromatic heterocycles. The number of hydrogen-bond acceptors (Lipinski definition) is 6. The number of nitrogens with two attached hydrogens (primary N) is 2. The summed E-state index contributed by atoms with van der Waals surface area (Å²) in [6.45, 7) is 2.11. The van der Waals surface area contributed by atoms with Gasteiger partial charge in [-0.3, -0.25) is 4.68 Å². The summed E-state index contributed by atoms with van der Waals surface area (Å²) in [5.41, 5.74) is 12.3. The highest BCUT2D eigenvalue weighted by Gasteiger charge is 2.21. The van der Waals surface area contributed by atoms with Gasteiger partial charge in [0.25, 0.3) is 0 Å². The maximum Gasteiger partial charge on any atom is 0.222 e. The number of aromatic nitrogens is 4. The van der Waals surface area contributed by atoms with Crippen molar-refractivity contribution in [3.8, 4) is 11.3 Å². The zero-order chi connectivity index (χ0) is 16.2. The molecule has 2 aromatic rings. The lowest BCUT2D eigenvalue weighted by molar-refractivity contribution is 0.289. The summed E-state index contributed by atoms with van der Waals surface area (Å²) in [5, 5.41) is 4.47. The lowest BCUT2D eigenvalue weighted by atomic mass is 9.93. The van der Waals surface area contributed by atoms with E-state index in [9.17, 15) is 0 Å². The highest BCUT2D eigenvalue weighted by molar-refractivity contribution is 5.63. The van der Waals surface area contributed by atoms with Crippen molar-refractivity contribution in [2.24, 2.45) is 5.73 Å². The predicted octanol–water partition coefficient (Wildman–Crippen LogP) is 1.82. The molecular weight excluding hydrogens is 290 g/mol. The first-order valence-corrected chi connectivity index (χ1v) is 8.31. The second-order valence-electron chi connectivity index (χ2n) is 5.96. The van der Waals surface area contributed by atoms with Crippen molar-refractivity contribution in [2.75, 3.05) is 30.8 Å². The van der Waals surface area contributed by atoms with Crippen LogP contribution in [0.1, 0.15) is 38.1 Å². The highest BCUT2D eigenvalue weighted by Crippen LogP contribution is 2.32. The third kappa shape index (κ3) is 3.29. The number of nitrogens with zero attached hydrogens (tertiary/aromatic N) is 5. The molecule has 0 amide bonds. The van der Waals surface area contributed by atoms with Gasteiger partial charge in [-0.05, 0) is 39.2 Å². The number of nitrogen functional groups attached to an aromatic ring is 1. The Labute approximate surface area is 136 Å². The Balaban J connectivity index is 0.000000753. The van der Waals surface area contributed by atoms with Crippen molar-refractivity contribution in [1.29, 1.82) is 0 Å². The Morgan fingerprint density at radius 3 is 2.48 bits per heavy atom. The standard InChI is InChI=1S/C15H20N6.CH5N/c16-15-18-13(8-14(19-15)20-6-1-2-7-20)11-9-17-21(10-11)12-4-3-5-12;1-2/h8-10,12H,1-7H2,(H2,16,18,19);2H2,1H3. The Bertz CT molecular complexity index is 642. The monoisotopic (exact) mass is 315 g/mol. The van der Waals surface area contributed by atoms with Gasteiger partial charge in [-0.15, -0.1) is 0 Å². The molecular formula is C16H25N7. The smallest absolute Gasteiger partial charge is 0.222 e. The molecule has 4 N–H and O–H groups in total. The van der Waals surface area contributed by atoms with Crippen molar-refractivity contribution < 1.29 is 0 Å². The van der Waals surface area contributed by atoms with Crippen LogP contribution in [0.4, 0.5) is 11.8 Å². The molecule has 124 valence electrons. The average molecular weight is 315 g/mol. The zero-order valence-corrected chi connectivity index (χ0v) is 13.6. The van der Waals surface area contributed by atoms with Crippen LogP contribution < -0.4 is 16.4 Å². The van der Waals surface area contributed by atoms with E-state index < -0.39 is 0 Å². The van der Waals surface area contributed by atoms with Crippen LogP contribution in [0.15, 0.2) is 18.5 Å². The molecule has 1 aliphatic carbocycles. The van der Waals surface area contributed by atoms with Crippen LogP contribution >= 0.6 is 0 Å². The second kappa shape index (κ2) is 6.95. The van der Waals surface area contributed by atoms with Crippen molar-refractivity contribution in [3.63, 3.8) is 0 Å². The quantitative estimate of drug-likeness (QED) is 0.896. The van der Waals surface area contributed by atoms with Crippen LogP contribution in [-0.4, -0.2) is 39.9 Å². The van der Waals surface area contributed by atoms with Gasteiger partial charge in [0.05, 0.1) is 17.9 Å². The SMILES string of the molecule is CN.Nc1nc(-c2cnn(C3CCC3)c2)cc(N2CCCC2)n1. The van der Waals surface area contributed by atoms with E-state index in [2.05, 4.69) is 36.6 Å². The first-order valence-electron chi connectivity index (χ1n) is 8.31. The summed E-state index contributed by atoms with van der Waals surface area (Å²) in [6, 6.07) is 2.60. The van der Waals surface area contributed by atoms with Gasteiger partial charge in [-0.2, -0.15) is 10.1 Å². The number of anilines is 2. The van der Waals surface area contributed by atoms with Gasteiger partial charge in [0.2, 0.25) is 5.95 Å². The zero-order valence-electron chi connectivity index (χ0n) is 13.6. The van der Waals surface area contributed by atoms with Crippen LogP contribution in [0, 0.1) is 0 Å². The van der Waals surface area contributed by atoms with Gasteiger partial charge in [0, 0.05) is 30.9 Å². The largest absolute Gasteiger partial charge is 0.368 e. The third-order valence-electron chi connectivity index (χ3n) is 4.51. The highest BCUT2D eigenvalue weighted by atomic mass is 15.3. The molecule has 3 heterocycles. The van der Waals surface area contributed by atoms with E-state index in [1.54, 1.807) is 0 Å². The molecule has 1 saturated carbocycles. The van der Waals surface area contributed by atoms with Gasteiger partial charge < -0.3 is 16.4 Å². The summed E-state index contributed by atoms with van der Waals surface area (Å²) in [5.74, 6) is 1.28. The molecule has 2 aliphatic rings. The van der Waals surface area contributed by atoms with E-state index in [0.29, 0.717) is 12.0 Å². The minimum absolute atomic E-state index is 0.339. The molecule has 0 radical (unpaired) electrons. The summed E-state index contributed by atoms with van der Waals surface area (Å²) in [4.78, 5) is 11.0. The van der Waals surface area contributed by atoms with E-state index in [1.807, 2.05) is 12.3 Å². The Morgan fingerprint density at radius 2 is 1.83 bits per heavy atom. The molecule has 0 spiro atoms. The fourth-order valence-electron chi connectivity index (χ4n) is 3.03. The maximum absolute atomic E-state index is 5.89. The van der Waals surface area contributed by atoms with E-state index in [4.69, 9.17) is 5.73 Å². The summed E-state index contributed by atoms with van der Waals surface area (Å²) in [7, 11) is 1.50. The average Bonchev–Trinajstić information content (AvgIpc) is 3.19. The van der Waals surface area contributed by atoms with Gasteiger partial charge >= 0.3 is 0 Å². The van der Waals surface area contributed by atoms with Gasteiger partial charge in [-0.1, -0.05) is 0 Å². The fraction of sp³-hybridized carbons (Fsp3) is 0.562. The minimum atomic E-state index is 0.339. The normalized spacial score (nSPS) is 17.6. The Morgan fingerprint density at radius 1 is 1.09 bits per heavy atom. The van der Waals surface area contributed by atoms with E-state index in [-0.39, 0.29) is 0 Å². The first-order chi connectivity index (χ1) is 11.3. The Kier molecular flexibility index (Phi) is 4.76. The topological polar surface area (TPSA) is 98.9 Å². The minimum Gasteiger partial charge on any atom is -0.368 e. The van der Waals surface area contributed by atoms with Crippen molar-refractivity contribution in [2.45, 2.75) is 38.1 Å². The van der Waals surface area contributed by atoms with E-state index >= 15 is 0 Å². The molecule has 4 rings (SSSR count). The van der Waals surface area contributed by atoms with Gasteiger partial charge in [0.1, 0.15) is 5.82 Å². The van der Waals surface area contributed by atoms with E-state index in [1.165, 1.54) is 39.2 Å². The molecule has 0 aromatic carbocycles. The predicted molar refractivity (Wildman–Crippen MR) is 92.1 cm³/mol. The summed E-state index contributed by atoms with van der Waals surface area (Å²) in [6.07, 6.45) is 10.2. The molecule has 0 unspecified atom stereocenters. The number of rotatable bonds is 3. The van der Waals surface area contributed by atoms with Crippen LogP contribution in [0.5, 0.6) is 0 Å². The van der Waals surface area contributed by atoms with Crippen LogP contribution in [0.25, 0.3) is 11.3 Å². The third-order valence-corrected chi connectivity index (χ3v) is 4.51.